The molecule has 3 heterocycles. The van der Waals surface area contributed by atoms with Crippen molar-refractivity contribution in [1.82, 2.24) is 15.0 Å². The summed E-state index contributed by atoms with van der Waals surface area (Å²) < 4.78 is 1.00. The summed E-state index contributed by atoms with van der Waals surface area (Å²) in [6.07, 6.45) is 6.33. The lowest BCUT2D eigenvalue weighted by Gasteiger charge is -2.21. The molecule has 3 aromatic heterocycles. The van der Waals surface area contributed by atoms with Gasteiger partial charge >= 0.3 is 0 Å². The second kappa shape index (κ2) is 5.14. The maximum absolute atomic E-state index is 5.60. The summed E-state index contributed by atoms with van der Waals surface area (Å²) in [5.41, 5.74) is 7.83. The number of fused-ring (bicyclic) bond motifs is 5. The molecular weight excluding hydrogens is 294 g/mol. The number of aromatic nitrogens is 3. The Morgan fingerprint density at radius 2 is 1.95 bits per heavy atom. The van der Waals surface area contributed by atoms with E-state index in [-0.39, 0.29) is 0 Å². The number of nitrogens with two attached hydrogens (primary N) is 1. The highest BCUT2D eigenvalue weighted by molar-refractivity contribution is 7.26. The molecule has 1 aliphatic rings. The van der Waals surface area contributed by atoms with Crippen molar-refractivity contribution in [3.05, 3.63) is 23.1 Å². The molecule has 3 aromatic rings. The molecule has 1 aliphatic carbocycles. The third kappa shape index (κ3) is 1.90. The number of nitrogens with zero attached hydrogens (tertiary/aromatic N) is 3. The number of hydrogen-bond acceptors (Lipinski definition) is 6. The number of nitrogens with one attached hydrogen (secondary N) is 1. The van der Waals surface area contributed by atoms with E-state index >= 15 is 0 Å². The van der Waals surface area contributed by atoms with Crippen molar-refractivity contribution in [3.63, 3.8) is 0 Å². The highest BCUT2D eigenvalue weighted by Crippen LogP contribution is 2.41. The van der Waals surface area contributed by atoms with Crippen LogP contribution < -0.4 is 11.3 Å². The molecule has 114 valence electrons. The van der Waals surface area contributed by atoms with Crippen molar-refractivity contribution in [2.45, 2.75) is 45.4 Å². The van der Waals surface area contributed by atoms with Gasteiger partial charge in [-0.1, -0.05) is 13.8 Å². The largest absolute Gasteiger partial charge is 0.307 e. The van der Waals surface area contributed by atoms with Crippen molar-refractivity contribution in [1.29, 1.82) is 0 Å². The van der Waals surface area contributed by atoms with Crippen molar-refractivity contribution in [2.24, 2.45) is 5.84 Å². The van der Waals surface area contributed by atoms with Crippen molar-refractivity contribution >= 4 is 37.6 Å². The van der Waals surface area contributed by atoms with Crippen molar-refractivity contribution < 1.29 is 0 Å². The molecule has 0 unspecified atom stereocenters. The Hall–Kier alpha value is -1.79. The molecule has 0 aromatic carbocycles. The van der Waals surface area contributed by atoms with E-state index in [1.807, 2.05) is 0 Å². The monoisotopic (exact) mass is 313 g/mol. The minimum Gasteiger partial charge on any atom is -0.307 e. The normalized spacial score (nSPS) is 14.7. The van der Waals surface area contributed by atoms with Crippen LogP contribution in [0.2, 0.25) is 0 Å². The molecule has 4 rings (SSSR count). The second-order valence-electron chi connectivity index (χ2n) is 6.14. The number of hydrogen-bond donors (Lipinski definition) is 2. The molecule has 0 fully saturated rings. The molecule has 0 bridgehead atoms. The molecular formula is C16H19N5S. The van der Waals surface area contributed by atoms with Gasteiger partial charge in [-0.3, -0.25) is 0 Å². The van der Waals surface area contributed by atoms with Gasteiger partial charge in [0.15, 0.2) is 5.82 Å². The predicted octanol–water partition coefficient (Wildman–Crippen LogP) is 3.53. The number of anilines is 1. The average molecular weight is 313 g/mol. The Morgan fingerprint density at radius 3 is 2.68 bits per heavy atom. The van der Waals surface area contributed by atoms with Gasteiger partial charge in [0.25, 0.3) is 0 Å². The van der Waals surface area contributed by atoms with Crippen LogP contribution in [0.5, 0.6) is 0 Å². The van der Waals surface area contributed by atoms with Crippen LogP contribution in [0.15, 0.2) is 6.33 Å². The smallest absolute Gasteiger partial charge is 0.161 e. The SMILES string of the molecule is CC(C)c1nc2sc3c(NN)ncnc3c2c2c1CCCC2. The summed E-state index contributed by atoms with van der Waals surface area (Å²) in [6.45, 7) is 4.45. The molecule has 0 saturated heterocycles. The van der Waals surface area contributed by atoms with Gasteiger partial charge in [0.2, 0.25) is 0 Å². The zero-order valence-corrected chi connectivity index (χ0v) is 13.6. The van der Waals surface area contributed by atoms with Crippen LogP contribution in [0, 0.1) is 0 Å². The summed E-state index contributed by atoms with van der Waals surface area (Å²) in [7, 11) is 0. The Kier molecular flexibility index (Phi) is 3.23. The summed E-state index contributed by atoms with van der Waals surface area (Å²) in [4.78, 5) is 14.8. The van der Waals surface area contributed by atoms with Crippen molar-refractivity contribution in [3.8, 4) is 0 Å². The third-order valence-corrected chi connectivity index (χ3v) is 5.52. The van der Waals surface area contributed by atoms with Crippen LogP contribution in [-0.2, 0) is 12.8 Å². The molecule has 6 heteroatoms. The molecule has 0 radical (unpaired) electrons. The zero-order valence-electron chi connectivity index (χ0n) is 12.8. The fraction of sp³-hybridized carbons (Fsp3) is 0.438. The van der Waals surface area contributed by atoms with Crippen LogP contribution in [0.4, 0.5) is 5.82 Å². The topological polar surface area (TPSA) is 76.7 Å². The van der Waals surface area contributed by atoms with E-state index in [1.54, 1.807) is 17.7 Å². The summed E-state index contributed by atoms with van der Waals surface area (Å²) >= 11 is 1.64. The van der Waals surface area contributed by atoms with E-state index in [9.17, 15) is 0 Å². The van der Waals surface area contributed by atoms with E-state index in [1.165, 1.54) is 35.0 Å². The maximum atomic E-state index is 5.60. The molecule has 5 nitrogen and oxygen atoms in total. The van der Waals surface area contributed by atoms with Crippen LogP contribution in [-0.4, -0.2) is 15.0 Å². The first kappa shape index (κ1) is 13.8. The van der Waals surface area contributed by atoms with Gasteiger partial charge in [-0.2, -0.15) is 0 Å². The Morgan fingerprint density at radius 1 is 1.18 bits per heavy atom. The van der Waals surface area contributed by atoms with Crippen LogP contribution >= 0.6 is 11.3 Å². The standard InChI is InChI=1S/C16H19N5S/c1-8(2)12-10-6-4-3-5-9(10)11-13-14(22-16(11)20-12)15(21-17)19-7-18-13/h7-8H,3-6,17H2,1-2H3,(H,18,19,21). The molecule has 0 aliphatic heterocycles. The quantitative estimate of drug-likeness (QED) is 0.559. The zero-order chi connectivity index (χ0) is 15.3. The molecule has 0 spiro atoms. The first-order valence-corrected chi connectivity index (χ1v) is 8.57. The Labute approximate surface area is 133 Å². The third-order valence-electron chi connectivity index (χ3n) is 4.44. The fourth-order valence-electron chi connectivity index (χ4n) is 3.47. The summed E-state index contributed by atoms with van der Waals surface area (Å²) in [5.74, 6) is 6.73. The average Bonchev–Trinajstić information content (AvgIpc) is 2.92. The van der Waals surface area contributed by atoms with Gasteiger partial charge in [0.1, 0.15) is 11.2 Å². The van der Waals surface area contributed by atoms with Gasteiger partial charge in [0.05, 0.1) is 10.2 Å². The Bertz CT molecular complexity index is 868. The van der Waals surface area contributed by atoms with E-state index in [4.69, 9.17) is 10.8 Å². The second-order valence-corrected chi connectivity index (χ2v) is 7.14. The summed E-state index contributed by atoms with van der Waals surface area (Å²) in [5, 5.41) is 1.22. The number of pyridine rings is 1. The lowest BCUT2D eigenvalue weighted by Crippen LogP contribution is -2.10. The maximum Gasteiger partial charge on any atom is 0.161 e. The fourth-order valence-corrected chi connectivity index (χ4v) is 4.59. The molecule has 0 atom stereocenters. The van der Waals surface area contributed by atoms with Gasteiger partial charge in [-0.25, -0.2) is 20.8 Å². The van der Waals surface area contributed by atoms with Gasteiger partial charge in [-0.05, 0) is 42.7 Å². The van der Waals surface area contributed by atoms with E-state index in [2.05, 4.69) is 29.2 Å². The summed E-state index contributed by atoms with van der Waals surface area (Å²) in [6, 6.07) is 0. The number of aryl methyl sites for hydroxylation is 1. The van der Waals surface area contributed by atoms with Crippen molar-refractivity contribution in [2.75, 3.05) is 5.43 Å². The minimum absolute atomic E-state index is 0.444. The lowest BCUT2D eigenvalue weighted by atomic mass is 9.86. The van der Waals surface area contributed by atoms with Gasteiger partial charge in [-0.15, -0.1) is 11.3 Å². The molecule has 3 N–H and O–H groups in total. The highest BCUT2D eigenvalue weighted by atomic mass is 32.1. The molecule has 0 saturated carbocycles. The lowest BCUT2D eigenvalue weighted by molar-refractivity contribution is 0.667. The number of nitrogen functional groups attached to an aromatic ring is 1. The number of rotatable bonds is 2. The van der Waals surface area contributed by atoms with Crippen LogP contribution in [0.1, 0.15) is 49.4 Å². The van der Waals surface area contributed by atoms with E-state index in [0.29, 0.717) is 11.7 Å². The minimum atomic E-state index is 0.444. The predicted molar refractivity (Wildman–Crippen MR) is 91.3 cm³/mol. The first-order chi connectivity index (χ1) is 10.7. The van der Waals surface area contributed by atoms with E-state index in [0.717, 1.165) is 27.9 Å². The Balaban J connectivity index is 2.15. The van der Waals surface area contributed by atoms with Crippen LogP contribution in [0.25, 0.3) is 20.4 Å². The van der Waals surface area contributed by atoms with Crippen LogP contribution in [0.3, 0.4) is 0 Å². The van der Waals surface area contributed by atoms with Gasteiger partial charge < -0.3 is 5.43 Å². The highest BCUT2D eigenvalue weighted by Gasteiger charge is 2.23. The number of hydrazine groups is 1. The van der Waals surface area contributed by atoms with E-state index < -0.39 is 0 Å². The molecule has 0 amide bonds. The molecule has 22 heavy (non-hydrogen) atoms. The van der Waals surface area contributed by atoms with Gasteiger partial charge in [0, 0.05) is 11.1 Å². The number of thiophene rings is 1. The first-order valence-electron chi connectivity index (χ1n) is 7.76.